The van der Waals surface area contributed by atoms with Gasteiger partial charge in [0.2, 0.25) is 0 Å². The van der Waals surface area contributed by atoms with Gasteiger partial charge >= 0.3 is 0 Å². The van der Waals surface area contributed by atoms with Crippen LogP contribution >= 0.6 is 0 Å². The number of methoxy groups -OCH3 is 1. The topological polar surface area (TPSA) is 74.4 Å². The molecule has 162 valence electrons. The number of ether oxygens (including phenoxy) is 1. The maximum atomic E-state index is 13.0. The van der Waals surface area contributed by atoms with E-state index < -0.39 is 0 Å². The van der Waals surface area contributed by atoms with Gasteiger partial charge in [-0.1, -0.05) is 24.3 Å². The Kier molecular flexibility index (Phi) is 5.33. The van der Waals surface area contributed by atoms with Gasteiger partial charge in [-0.3, -0.25) is 4.79 Å². The first kappa shape index (κ1) is 20.2. The lowest BCUT2D eigenvalue weighted by atomic mass is 10.1. The number of imidazole rings is 1. The molecule has 1 saturated heterocycles. The number of carbonyl (C=O) groups is 1. The second-order valence-electron chi connectivity index (χ2n) is 8.05. The number of aromatic amines is 1. The summed E-state index contributed by atoms with van der Waals surface area (Å²) in [5.74, 6) is 1.57. The molecule has 0 saturated carbocycles. The van der Waals surface area contributed by atoms with Gasteiger partial charge in [-0.15, -0.1) is 0 Å². The Morgan fingerprint density at radius 1 is 1.00 bits per heavy atom. The van der Waals surface area contributed by atoms with Crippen molar-refractivity contribution in [2.24, 2.45) is 0 Å². The van der Waals surface area contributed by atoms with Crippen LogP contribution in [0.15, 0.2) is 60.8 Å². The van der Waals surface area contributed by atoms with Crippen molar-refractivity contribution in [2.45, 2.75) is 0 Å². The molecule has 2 aromatic heterocycles. The molecule has 1 fully saturated rings. The van der Waals surface area contributed by atoms with E-state index >= 15 is 0 Å². The molecular formula is C25H25N5O2. The molecule has 0 radical (unpaired) electrons. The Morgan fingerprint density at radius 2 is 1.78 bits per heavy atom. The van der Waals surface area contributed by atoms with E-state index in [-0.39, 0.29) is 5.91 Å². The molecule has 2 aromatic carbocycles. The minimum atomic E-state index is 0.0631. The van der Waals surface area contributed by atoms with Gasteiger partial charge < -0.3 is 19.5 Å². The van der Waals surface area contributed by atoms with Gasteiger partial charge in [0.1, 0.15) is 11.6 Å². The standard InChI is InChI=1S/C25H25N5O2/c1-29-12-14-30(15-13-29)25(31)19-5-3-4-18(16-19)23-27-22-21(10-11-26-24(22)28-23)17-6-8-20(32-2)9-7-17/h3-11,16H,12-15H2,1-2H3,(H,26,27,28). The van der Waals surface area contributed by atoms with Crippen molar-refractivity contribution >= 4 is 17.1 Å². The van der Waals surface area contributed by atoms with Gasteiger partial charge in [0.25, 0.3) is 5.91 Å². The number of rotatable bonds is 4. The average molecular weight is 428 g/mol. The number of hydrogen-bond donors (Lipinski definition) is 1. The number of H-pyrrole nitrogens is 1. The molecule has 0 unspecified atom stereocenters. The van der Waals surface area contributed by atoms with Gasteiger partial charge in [0.05, 0.1) is 12.6 Å². The first-order chi connectivity index (χ1) is 15.6. The highest BCUT2D eigenvalue weighted by atomic mass is 16.5. The summed E-state index contributed by atoms with van der Waals surface area (Å²) < 4.78 is 5.27. The van der Waals surface area contributed by atoms with Crippen LogP contribution in [0.1, 0.15) is 10.4 Å². The molecule has 0 atom stereocenters. The smallest absolute Gasteiger partial charge is 0.253 e. The zero-order valence-electron chi connectivity index (χ0n) is 18.2. The van der Waals surface area contributed by atoms with E-state index in [1.165, 1.54) is 0 Å². The van der Waals surface area contributed by atoms with Crippen LogP contribution in [0, 0.1) is 0 Å². The third-order valence-electron chi connectivity index (χ3n) is 5.97. The summed E-state index contributed by atoms with van der Waals surface area (Å²) in [6.45, 7) is 3.29. The van der Waals surface area contributed by atoms with Gasteiger partial charge in [-0.2, -0.15) is 0 Å². The third kappa shape index (κ3) is 3.83. The zero-order valence-corrected chi connectivity index (χ0v) is 18.2. The summed E-state index contributed by atoms with van der Waals surface area (Å²) in [7, 11) is 3.74. The van der Waals surface area contributed by atoms with Crippen LogP contribution in [0.25, 0.3) is 33.7 Å². The molecule has 3 heterocycles. The van der Waals surface area contributed by atoms with Crippen LogP contribution < -0.4 is 4.74 Å². The molecule has 7 nitrogen and oxygen atoms in total. The Balaban J connectivity index is 1.47. The van der Waals surface area contributed by atoms with Crippen LogP contribution in [-0.4, -0.2) is 71.0 Å². The molecule has 1 amide bonds. The first-order valence-corrected chi connectivity index (χ1v) is 10.7. The molecular weight excluding hydrogens is 402 g/mol. The van der Waals surface area contributed by atoms with Gasteiger partial charge in [-0.05, 0) is 42.9 Å². The van der Waals surface area contributed by atoms with Crippen molar-refractivity contribution < 1.29 is 9.53 Å². The van der Waals surface area contributed by atoms with Crippen LogP contribution in [0.2, 0.25) is 0 Å². The number of hydrogen-bond acceptors (Lipinski definition) is 5. The summed E-state index contributed by atoms with van der Waals surface area (Å²) in [5.41, 5.74) is 5.11. The van der Waals surface area contributed by atoms with E-state index in [0.717, 1.165) is 54.1 Å². The second kappa shape index (κ2) is 8.43. The number of pyridine rings is 1. The Bertz CT molecular complexity index is 1260. The fourth-order valence-electron chi connectivity index (χ4n) is 4.05. The largest absolute Gasteiger partial charge is 0.497 e. The molecule has 7 heteroatoms. The summed E-state index contributed by atoms with van der Waals surface area (Å²) >= 11 is 0. The number of nitrogens with zero attached hydrogens (tertiary/aromatic N) is 4. The molecule has 32 heavy (non-hydrogen) atoms. The predicted octanol–water partition coefficient (Wildman–Crippen LogP) is 3.69. The lowest BCUT2D eigenvalue weighted by Crippen LogP contribution is -2.47. The average Bonchev–Trinajstić information content (AvgIpc) is 3.29. The highest BCUT2D eigenvalue weighted by Gasteiger charge is 2.21. The molecule has 0 spiro atoms. The number of carbonyl (C=O) groups excluding carboxylic acids is 1. The fraction of sp³-hybridized carbons (Fsp3) is 0.240. The minimum absolute atomic E-state index is 0.0631. The van der Waals surface area contributed by atoms with Crippen LogP contribution in [0.5, 0.6) is 5.75 Å². The number of nitrogens with one attached hydrogen (secondary N) is 1. The Morgan fingerprint density at radius 3 is 2.53 bits per heavy atom. The van der Waals surface area contributed by atoms with E-state index in [9.17, 15) is 4.79 Å². The maximum Gasteiger partial charge on any atom is 0.253 e. The Hall–Kier alpha value is -3.71. The lowest BCUT2D eigenvalue weighted by molar-refractivity contribution is 0.0664. The van der Waals surface area contributed by atoms with Crippen molar-refractivity contribution in [3.8, 4) is 28.3 Å². The molecule has 1 aliphatic heterocycles. The lowest BCUT2D eigenvalue weighted by Gasteiger charge is -2.32. The van der Waals surface area contributed by atoms with Crippen molar-refractivity contribution in [1.29, 1.82) is 0 Å². The summed E-state index contributed by atoms with van der Waals surface area (Å²) in [5, 5.41) is 0. The second-order valence-corrected chi connectivity index (χ2v) is 8.05. The maximum absolute atomic E-state index is 13.0. The Labute approximate surface area is 186 Å². The number of fused-ring (bicyclic) bond motifs is 1. The molecule has 1 N–H and O–H groups in total. The first-order valence-electron chi connectivity index (χ1n) is 10.7. The van der Waals surface area contributed by atoms with Crippen LogP contribution in [-0.2, 0) is 0 Å². The van der Waals surface area contributed by atoms with E-state index in [0.29, 0.717) is 17.0 Å². The quantitative estimate of drug-likeness (QED) is 0.538. The van der Waals surface area contributed by atoms with E-state index in [1.807, 2.05) is 59.5 Å². The van der Waals surface area contributed by atoms with Gasteiger partial charge in [0.15, 0.2) is 5.65 Å². The summed E-state index contributed by atoms with van der Waals surface area (Å²) in [6, 6.07) is 17.5. The number of likely N-dealkylation sites (N-methyl/N-ethyl adjacent to an activating group) is 1. The SMILES string of the molecule is COc1ccc(-c2ccnc3nc(-c4cccc(C(=O)N5CCN(C)CC5)c4)[nH]c23)cc1. The molecule has 5 rings (SSSR count). The van der Waals surface area contributed by atoms with Crippen molar-refractivity contribution in [3.05, 3.63) is 66.4 Å². The number of piperazine rings is 1. The molecule has 0 bridgehead atoms. The number of amides is 1. The summed E-state index contributed by atoms with van der Waals surface area (Å²) in [4.78, 5) is 29.7. The molecule has 1 aliphatic rings. The minimum Gasteiger partial charge on any atom is -0.497 e. The number of benzene rings is 2. The highest BCUT2D eigenvalue weighted by molar-refractivity contribution is 5.96. The highest BCUT2D eigenvalue weighted by Crippen LogP contribution is 2.30. The monoisotopic (exact) mass is 427 g/mol. The predicted molar refractivity (Wildman–Crippen MR) is 125 cm³/mol. The van der Waals surface area contributed by atoms with E-state index in [1.54, 1.807) is 13.3 Å². The third-order valence-corrected chi connectivity index (χ3v) is 5.97. The van der Waals surface area contributed by atoms with Crippen LogP contribution in [0.3, 0.4) is 0 Å². The zero-order chi connectivity index (χ0) is 22.1. The molecule has 4 aromatic rings. The molecule has 0 aliphatic carbocycles. The van der Waals surface area contributed by atoms with E-state index in [4.69, 9.17) is 9.72 Å². The normalized spacial score (nSPS) is 14.6. The summed E-state index contributed by atoms with van der Waals surface area (Å²) in [6.07, 6.45) is 1.76. The van der Waals surface area contributed by atoms with Gasteiger partial charge in [0, 0.05) is 49.1 Å². The van der Waals surface area contributed by atoms with Crippen LogP contribution in [0.4, 0.5) is 0 Å². The van der Waals surface area contributed by atoms with E-state index in [2.05, 4.69) is 21.9 Å². The van der Waals surface area contributed by atoms with Crippen molar-refractivity contribution in [3.63, 3.8) is 0 Å². The number of aromatic nitrogens is 3. The van der Waals surface area contributed by atoms with Gasteiger partial charge in [-0.25, -0.2) is 9.97 Å². The van der Waals surface area contributed by atoms with Crippen molar-refractivity contribution in [2.75, 3.05) is 40.3 Å². The fourth-order valence-corrected chi connectivity index (χ4v) is 4.05. The van der Waals surface area contributed by atoms with Crippen molar-refractivity contribution in [1.82, 2.24) is 24.8 Å².